The highest BCUT2D eigenvalue weighted by atomic mass is 35.5. The third kappa shape index (κ3) is 4.36. The van der Waals surface area contributed by atoms with Crippen molar-refractivity contribution in [1.82, 2.24) is 0 Å². The van der Waals surface area contributed by atoms with Crippen molar-refractivity contribution in [3.8, 4) is 5.75 Å². The largest absolute Gasteiger partial charge is 0.481 e. The van der Waals surface area contributed by atoms with E-state index in [4.69, 9.17) is 22.1 Å². The molecule has 0 aromatic heterocycles. The topological polar surface area (TPSA) is 64.3 Å². The van der Waals surface area contributed by atoms with Crippen molar-refractivity contribution in [3.63, 3.8) is 0 Å². The fourth-order valence-electron chi connectivity index (χ4n) is 1.73. The molecular weight excluding hydrogens is 295 g/mol. The number of hydrogen-bond acceptors (Lipinski definition) is 3. The molecule has 0 fully saturated rings. The van der Waals surface area contributed by atoms with E-state index in [0.29, 0.717) is 10.8 Å². The molecule has 1 atom stereocenters. The average Bonchev–Trinajstić information content (AvgIpc) is 2.37. The highest BCUT2D eigenvalue weighted by Crippen LogP contribution is 2.19. The van der Waals surface area contributed by atoms with Crippen LogP contribution in [0, 0.1) is 5.82 Å². The standard InChI is InChI=1S/C15H14ClFN2O2/c1-9(21-14-4-2-3-10(16)5-14)15(20)19-13-7-11(17)6-12(18)8-13/h2-9H,18H2,1H3,(H,19,20). The summed E-state index contributed by atoms with van der Waals surface area (Å²) >= 11 is 5.84. The van der Waals surface area contributed by atoms with Gasteiger partial charge in [0.15, 0.2) is 6.10 Å². The molecular formula is C15H14ClFN2O2. The Morgan fingerprint density at radius 2 is 2.10 bits per heavy atom. The molecule has 0 radical (unpaired) electrons. The van der Waals surface area contributed by atoms with E-state index in [0.717, 1.165) is 0 Å². The quantitative estimate of drug-likeness (QED) is 0.850. The van der Waals surface area contributed by atoms with E-state index in [1.807, 2.05) is 0 Å². The van der Waals surface area contributed by atoms with Gasteiger partial charge in [0.25, 0.3) is 5.91 Å². The Kier molecular flexibility index (Phi) is 4.65. The van der Waals surface area contributed by atoms with Gasteiger partial charge in [-0.2, -0.15) is 0 Å². The third-order valence-corrected chi connectivity index (χ3v) is 2.90. The van der Waals surface area contributed by atoms with E-state index < -0.39 is 17.8 Å². The van der Waals surface area contributed by atoms with Gasteiger partial charge in [-0.3, -0.25) is 4.79 Å². The number of ether oxygens (including phenoxy) is 1. The summed E-state index contributed by atoms with van der Waals surface area (Å²) < 4.78 is 18.7. The first-order valence-corrected chi connectivity index (χ1v) is 6.61. The van der Waals surface area contributed by atoms with E-state index in [2.05, 4.69) is 5.32 Å². The molecule has 0 saturated carbocycles. The van der Waals surface area contributed by atoms with Gasteiger partial charge in [-0.1, -0.05) is 17.7 Å². The van der Waals surface area contributed by atoms with Crippen LogP contribution in [-0.2, 0) is 4.79 Å². The molecule has 2 rings (SSSR count). The predicted molar refractivity (Wildman–Crippen MR) is 81.0 cm³/mol. The minimum atomic E-state index is -0.770. The van der Waals surface area contributed by atoms with Gasteiger partial charge in [0.1, 0.15) is 11.6 Å². The smallest absolute Gasteiger partial charge is 0.265 e. The highest BCUT2D eigenvalue weighted by molar-refractivity contribution is 6.30. The first-order valence-electron chi connectivity index (χ1n) is 6.23. The van der Waals surface area contributed by atoms with Crippen molar-refractivity contribution in [2.45, 2.75) is 13.0 Å². The number of rotatable bonds is 4. The maximum absolute atomic E-state index is 13.2. The summed E-state index contributed by atoms with van der Waals surface area (Å²) in [5.41, 5.74) is 6.02. The number of carbonyl (C=O) groups excluding carboxylic acids is 1. The van der Waals surface area contributed by atoms with Crippen molar-refractivity contribution in [2.24, 2.45) is 0 Å². The fraction of sp³-hybridized carbons (Fsp3) is 0.133. The first kappa shape index (κ1) is 15.1. The maximum atomic E-state index is 13.2. The number of nitrogens with two attached hydrogens (primary N) is 1. The van der Waals surface area contributed by atoms with Gasteiger partial charge in [0, 0.05) is 16.4 Å². The van der Waals surface area contributed by atoms with Crippen molar-refractivity contribution >= 4 is 28.9 Å². The Bertz CT molecular complexity index is 644. The summed E-state index contributed by atoms with van der Waals surface area (Å²) in [5.74, 6) is -0.461. The lowest BCUT2D eigenvalue weighted by atomic mass is 10.2. The molecule has 0 spiro atoms. The lowest BCUT2D eigenvalue weighted by molar-refractivity contribution is -0.122. The summed E-state index contributed by atoms with van der Waals surface area (Å²) in [6, 6.07) is 10.5. The molecule has 0 aliphatic rings. The van der Waals surface area contributed by atoms with Crippen molar-refractivity contribution < 1.29 is 13.9 Å². The molecule has 1 unspecified atom stereocenters. The zero-order valence-corrected chi connectivity index (χ0v) is 12.0. The van der Waals surface area contributed by atoms with Crippen molar-refractivity contribution in [3.05, 3.63) is 53.3 Å². The monoisotopic (exact) mass is 308 g/mol. The number of nitrogen functional groups attached to an aromatic ring is 1. The van der Waals surface area contributed by atoms with Crippen LogP contribution >= 0.6 is 11.6 Å². The molecule has 3 N–H and O–H groups in total. The molecule has 2 aromatic rings. The molecule has 0 aliphatic carbocycles. The molecule has 110 valence electrons. The molecule has 0 aliphatic heterocycles. The number of nitrogens with one attached hydrogen (secondary N) is 1. The van der Waals surface area contributed by atoms with Crippen LogP contribution in [0.25, 0.3) is 0 Å². The molecule has 1 amide bonds. The van der Waals surface area contributed by atoms with E-state index in [-0.39, 0.29) is 11.4 Å². The first-order chi connectivity index (χ1) is 9.94. The Balaban J connectivity index is 2.02. The lowest BCUT2D eigenvalue weighted by Crippen LogP contribution is -2.30. The van der Waals surface area contributed by atoms with E-state index in [1.165, 1.54) is 18.2 Å². The number of anilines is 2. The molecule has 4 nitrogen and oxygen atoms in total. The minimum Gasteiger partial charge on any atom is -0.481 e. The number of hydrogen-bond donors (Lipinski definition) is 2. The third-order valence-electron chi connectivity index (χ3n) is 2.67. The van der Waals surface area contributed by atoms with Gasteiger partial charge < -0.3 is 15.8 Å². The van der Waals surface area contributed by atoms with Gasteiger partial charge in [-0.05, 0) is 43.3 Å². The number of amides is 1. The minimum absolute atomic E-state index is 0.230. The average molecular weight is 309 g/mol. The Labute approximate surface area is 126 Å². The number of halogens is 2. The van der Waals surface area contributed by atoms with Crippen LogP contribution in [0.2, 0.25) is 5.02 Å². The zero-order chi connectivity index (χ0) is 15.4. The van der Waals surface area contributed by atoms with Gasteiger partial charge in [0.05, 0.1) is 0 Å². The Morgan fingerprint density at radius 1 is 1.33 bits per heavy atom. The van der Waals surface area contributed by atoms with Crippen LogP contribution in [0.5, 0.6) is 5.75 Å². The maximum Gasteiger partial charge on any atom is 0.265 e. The molecule has 21 heavy (non-hydrogen) atoms. The molecule has 0 saturated heterocycles. The van der Waals surface area contributed by atoms with Crippen LogP contribution in [0.1, 0.15) is 6.92 Å². The number of carbonyl (C=O) groups is 1. The van der Waals surface area contributed by atoms with Crippen molar-refractivity contribution in [2.75, 3.05) is 11.1 Å². The lowest BCUT2D eigenvalue weighted by Gasteiger charge is -2.15. The molecule has 0 heterocycles. The van der Waals surface area contributed by atoms with Crippen molar-refractivity contribution in [1.29, 1.82) is 0 Å². The predicted octanol–water partition coefficient (Wildman–Crippen LogP) is 3.47. The summed E-state index contributed by atoms with van der Waals surface area (Å²) in [6.45, 7) is 1.58. The molecule has 6 heteroatoms. The zero-order valence-electron chi connectivity index (χ0n) is 11.3. The van der Waals surface area contributed by atoms with Gasteiger partial charge in [-0.25, -0.2) is 4.39 Å². The second-order valence-corrected chi connectivity index (χ2v) is 4.92. The van der Waals surface area contributed by atoms with Crippen LogP contribution in [0.3, 0.4) is 0 Å². The van der Waals surface area contributed by atoms with Crippen LogP contribution in [0.15, 0.2) is 42.5 Å². The Morgan fingerprint density at radius 3 is 2.76 bits per heavy atom. The van der Waals surface area contributed by atoms with E-state index >= 15 is 0 Å². The summed E-state index contributed by atoms with van der Waals surface area (Å²) in [4.78, 5) is 12.0. The molecule has 0 bridgehead atoms. The normalized spacial score (nSPS) is 11.8. The van der Waals surface area contributed by atoms with Gasteiger partial charge in [-0.15, -0.1) is 0 Å². The highest BCUT2D eigenvalue weighted by Gasteiger charge is 2.15. The van der Waals surface area contributed by atoms with Crippen LogP contribution in [0.4, 0.5) is 15.8 Å². The number of benzene rings is 2. The van der Waals surface area contributed by atoms with Gasteiger partial charge >= 0.3 is 0 Å². The molecule has 2 aromatic carbocycles. The second-order valence-electron chi connectivity index (χ2n) is 4.48. The van der Waals surface area contributed by atoms with Crippen LogP contribution < -0.4 is 15.8 Å². The van der Waals surface area contributed by atoms with Gasteiger partial charge in [0.2, 0.25) is 0 Å². The fourth-order valence-corrected chi connectivity index (χ4v) is 1.91. The summed E-state index contributed by atoms with van der Waals surface area (Å²) in [6.07, 6.45) is -0.770. The van der Waals surface area contributed by atoms with Crippen LogP contribution in [-0.4, -0.2) is 12.0 Å². The SMILES string of the molecule is CC(Oc1cccc(Cl)c1)C(=O)Nc1cc(N)cc(F)c1. The summed E-state index contributed by atoms with van der Waals surface area (Å²) in [7, 11) is 0. The van der Waals surface area contributed by atoms with E-state index in [9.17, 15) is 9.18 Å². The van der Waals surface area contributed by atoms with E-state index in [1.54, 1.807) is 31.2 Å². The Hall–Kier alpha value is -2.27. The second kappa shape index (κ2) is 6.45. The summed E-state index contributed by atoms with van der Waals surface area (Å²) in [5, 5.41) is 3.05.